The number of carbonyl (C=O) groups excluding carboxylic acids is 1. The summed E-state index contributed by atoms with van der Waals surface area (Å²) < 4.78 is 10.6. The van der Waals surface area contributed by atoms with E-state index in [0.717, 1.165) is 17.1 Å². The topological polar surface area (TPSA) is 47.6 Å². The summed E-state index contributed by atoms with van der Waals surface area (Å²) in [6.45, 7) is 0.769. The zero-order chi connectivity index (χ0) is 15.5. The lowest BCUT2D eigenvalue weighted by atomic mass is 10.1. The van der Waals surface area contributed by atoms with Crippen LogP contribution in [-0.4, -0.2) is 19.2 Å². The van der Waals surface area contributed by atoms with Gasteiger partial charge in [0.2, 0.25) is 6.79 Å². The first kappa shape index (κ1) is 15.0. The first-order chi connectivity index (χ1) is 10.6. The monoisotopic (exact) mass is 337 g/mol. The highest BCUT2D eigenvalue weighted by Gasteiger charge is 2.13. The summed E-state index contributed by atoms with van der Waals surface area (Å²) in [5, 5.41) is 3.64. The van der Waals surface area contributed by atoms with Crippen LogP contribution in [-0.2, 0) is 6.42 Å². The molecule has 0 bridgehead atoms. The molecule has 1 N–H and O–H groups in total. The van der Waals surface area contributed by atoms with Crippen LogP contribution < -0.4 is 14.8 Å². The normalized spacial score (nSPS) is 12.3. The van der Waals surface area contributed by atoms with Crippen molar-refractivity contribution in [2.45, 2.75) is 6.42 Å². The zero-order valence-electron chi connectivity index (χ0n) is 11.6. The Bertz CT molecular complexity index is 719. The van der Waals surface area contributed by atoms with Gasteiger partial charge in [-0.3, -0.25) is 4.79 Å². The second kappa shape index (κ2) is 6.46. The van der Waals surface area contributed by atoms with Gasteiger partial charge in [0.25, 0.3) is 5.91 Å². The minimum atomic E-state index is -0.181. The van der Waals surface area contributed by atoms with E-state index >= 15 is 0 Å². The number of halogens is 2. The largest absolute Gasteiger partial charge is 0.454 e. The van der Waals surface area contributed by atoms with Crippen molar-refractivity contribution in [1.29, 1.82) is 0 Å². The molecule has 0 saturated heterocycles. The summed E-state index contributed by atoms with van der Waals surface area (Å²) in [6, 6.07) is 10.6. The summed E-state index contributed by atoms with van der Waals surface area (Å²) in [6.07, 6.45) is 0.698. The van der Waals surface area contributed by atoms with Crippen LogP contribution in [0.2, 0.25) is 10.0 Å². The Kier molecular flexibility index (Phi) is 4.41. The van der Waals surface area contributed by atoms with Gasteiger partial charge >= 0.3 is 0 Å². The Morgan fingerprint density at radius 1 is 1.05 bits per heavy atom. The first-order valence-electron chi connectivity index (χ1n) is 6.75. The molecule has 0 aromatic heterocycles. The molecular formula is C16H13Cl2NO3. The molecule has 22 heavy (non-hydrogen) atoms. The van der Waals surface area contributed by atoms with Gasteiger partial charge in [0.1, 0.15) is 0 Å². The minimum absolute atomic E-state index is 0.181. The van der Waals surface area contributed by atoms with Crippen LogP contribution in [0.25, 0.3) is 0 Å². The lowest BCUT2D eigenvalue weighted by molar-refractivity contribution is 0.0954. The van der Waals surface area contributed by atoms with Gasteiger partial charge in [-0.2, -0.15) is 0 Å². The Morgan fingerprint density at radius 3 is 2.68 bits per heavy atom. The van der Waals surface area contributed by atoms with Crippen molar-refractivity contribution in [3.8, 4) is 11.5 Å². The van der Waals surface area contributed by atoms with Gasteiger partial charge in [0.05, 0.1) is 10.0 Å². The maximum atomic E-state index is 12.0. The third-order valence-electron chi connectivity index (χ3n) is 3.32. The first-order valence-corrected chi connectivity index (χ1v) is 7.51. The molecule has 2 aromatic rings. The number of ether oxygens (including phenoxy) is 2. The highest BCUT2D eigenvalue weighted by molar-refractivity contribution is 6.42. The SMILES string of the molecule is O=C(NCCc1ccc2c(c1)OCO2)c1ccc(Cl)c(Cl)c1. The smallest absolute Gasteiger partial charge is 0.251 e. The molecule has 0 aliphatic carbocycles. The van der Waals surface area contributed by atoms with E-state index in [1.807, 2.05) is 18.2 Å². The van der Waals surface area contributed by atoms with Gasteiger partial charge < -0.3 is 14.8 Å². The highest BCUT2D eigenvalue weighted by Crippen LogP contribution is 2.32. The highest BCUT2D eigenvalue weighted by atomic mass is 35.5. The summed E-state index contributed by atoms with van der Waals surface area (Å²) in [7, 11) is 0. The average molecular weight is 338 g/mol. The molecule has 6 heteroatoms. The van der Waals surface area contributed by atoms with Crippen molar-refractivity contribution < 1.29 is 14.3 Å². The van der Waals surface area contributed by atoms with E-state index in [-0.39, 0.29) is 12.7 Å². The molecule has 2 aromatic carbocycles. The van der Waals surface area contributed by atoms with E-state index in [4.69, 9.17) is 32.7 Å². The third kappa shape index (κ3) is 3.29. The molecule has 0 spiro atoms. The van der Waals surface area contributed by atoms with Crippen LogP contribution in [0.3, 0.4) is 0 Å². The number of hydrogen-bond acceptors (Lipinski definition) is 3. The van der Waals surface area contributed by atoms with Crippen LogP contribution in [0.5, 0.6) is 11.5 Å². The van der Waals surface area contributed by atoms with Gasteiger partial charge in [-0.05, 0) is 42.3 Å². The van der Waals surface area contributed by atoms with E-state index < -0.39 is 0 Å². The number of hydrogen-bond donors (Lipinski definition) is 1. The van der Waals surface area contributed by atoms with Crippen LogP contribution in [0.1, 0.15) is 15.9 Å². The van der Waals surface area contributed by atoms with Gasteiger partial charge in [0.15, 0.2) is 11.5 Å². The standard InChI is InChI=1S/C16H13Cl2NO3/c17-12-3-2-11(8-13(12)18)16(20)19-6-5-10-1-4-14-15(7-10)22-9-21-14/h1-4,7-8H,5-6,9H2,(H,19,20). The fourth-order valence-electron chi connectivity index (χ4n) is 2.16. The Labute approximate surface area is 137 Å². The number of fused-ring (bicyclic) bond motifs is 1. The van der Waals surface area contributed by atoms with Crippen molar-refractivity contribution in [2.75, 3.05) is 13.3 Å². The van der Waals surface area contributed by atoms with Crippen LogP contribution >= 0.6 is 23.2 Å². The molecule has 0 unspecified atom stereocenters. The molecule has 4 nitrogen and oxygen atoms in total. The number of carbonyl (C=O) groups is 1. The molecule has 0 atom stereocenters. The van der Waals surface area contributed by atoms with Gasteiger partial charge in [0, 0.05) is 12.1 Å². The molecule has 1 heterocycles. The van der Waals surface area contributed by atoms with E-state index in [0.29, 0.717) is 28.6 Å². The zero-order valence-corrected chi connectivity index (χ0v) is 13.1. The molecule has 0 saturated carbocycles. The van der Waals surface area contributed by atoms with E-state index in [2.05, 4.69) is 5.32 Å². The van der Waals surface area contributed by atoms with Crippen LogP contribution in [0.4, 0.5) is 0 Å². The molecule has 1 aliphatic heterocycles. The van der Waals surface area contributed by atoms with Crippen molar-refractivity contribution in [3.63, 3.8) is 0 Å². The predicted octanol–water partition coefficient (Wildman–Crippen LogP) is 3.69. The summed E-state index contributed by atoms with van der Waals surface area (Å²) in [4.78, 5) is 12.0. The van der Waals surface area contributed by atoms with Gasteiger partial charge in [-0.1, -0.05) is 29.3 Å². The maximum absolute atomic E-state index is 12.0. The molecule has 0 fully saturated rings. The Morgan fingerprint density at radius 2 is 1.86 bits per heavy atom. The third-order valence-corrected chi connectivity index (χ3v) is 4.06. The summed E-state index contributed by atoms with van der Waals surface area (Å²) in [5.41, 5.74) is 1.55. The van der Waals surface area contributed by atoms with Crippen molar-refractivity contribution in [2.24, 2.45) is 0 Å². The van der Waals surface area contributed by atoms with E-state index in [1.165, 1.54) is 0 Å². The maximum Gasteiger partial charge on any atom is 0.251 e. The summed E-state index contributed by atoms with van der Waals surface area (Å²) in [5.74, 6) is 1.32. The number of amides is 1. The quantitative estimate of drug-likeness (QED) is 0.925. The molecule has 114 valence electrons. The number of nitrogens with one attached hydrogen (secondary N) is 1. The molecule has 1 amide bonds. The van der Waals surface area contributed by atoms with E-state index in [1.54, 1.807) is 18.2 Å². The van der Waals surface area contributed by atoms with Crippen molar-refractivity contribution in [1.82, 2.24) is 5.32 Å². The number of rotatable bonds is 4. The minimum Gasteiger partial charge on any atom is -0.454 e. The fourth-order valence-corrected chi connectivity index (χ4v) is 2.45. The second-order valence-corrected chi connectivity index (χ2v) is 5.64. The lowest BCUT2D eigenvalue weighted by Gasteiger charge is -2.07. The van der Waals surface area contributed by atoms with Gasteiger partial charge in [-0.15, -0.1) is 0 Å². The van der Waals surface area contributed by atoms with E-state index in [9.17, 15) is 4.79 Å². The number of benzene rings is 2. The van der Waals surface area contributed by atoms with Crippen LogP contribution in [0.15, 0.2) is 36.4 Å². The molecular weight excluding hydrogens is 325 g/mol. The van der Waals surface area contributed by atoms with Crippen molar-refractivity contribution in [3.05, 3.63) is 57.6 Å². The Hall–Kier alpha value is -1.91. The Balaban J connectivity index is 1.56. The molecule has 3 rings (SSSR count). The second-order valence-electron chi connectivity index (χ2n) is 4.82. The predicted molar refractivity (Wildman–Crippen MR) is 85.1 cm³/mol. The lowest BCUT2D eigenvalue weighted by Crippen LogP contribution is -2.25. The molecule has 0 radical (unpaired) electrons. The van der Waals surface area contributed by atoms with Crippen molar-refractivity contribution >= 4 is 29.1 Å². The van der Waals surface area contributed by atoms with Crippen LogP contribution in [0, 0.1) is 0 Å². The van der Waals surface area contributed by atoms with Gasteiger partial charge in [-0.25, -0.2) is 0 Å². The summed E-state index contributed by atoms with van der Waals surface area (Å²) >= 11 is 11.7. The molecule has 1 aliphatic rings. The average Bonchev–Trinajstić information content (AvgIpc) is 2.97. The fraction of sp³-hybridized carbons (Fsp3) is 0.188.